The maximum atomic E-state index is 9.18. The zero-order valence-electron chi connectivity index (χ0n) is 6.04. The second-order valence-corrected chi connectivity index (χ2v) is 3.02. The Bertz CT molecular complexity index is 280. The van der Waals surface area contributed by atoms with Gasteiger partial charge in [0.1, 0.15) is 11.3 Å². The molecule has 2 N–H and O–H groups in total. The van der Waals surface area contributed by atoms with Crippen LogP contribution in [0.25, 0.3) is 0 Å². The van der Waals surface area contributed by atoms with Crippen LogP contribution in [-0.4, -0.2) is 21.8 Å². The van der Waals surface area contributed by atoms with Crippen molar-refractivity contribution < 1.29 is 10.2 Å². The highest BCUT2D eigenvalue weighted by molar-refractivity contribution is 6.34. The predicted octanol–water partition coefficient (Wildman–Crippen LogP) is 1.41. The van der Waals surface area contributed by atoms with Gasteiger partial charge in [-0.3, -0.25) is 0 Å². The van der Waals surface area contributed by atoms with Crippen molar-refractivity contribution in [2.45, 2.75) is 6.10 Å². The minimum Gasteiger partial charge on any atom is -0.393 e. The van der Waals surface area contributed by atoms with E-state index in [1.54, 1.807) is 0 Å². The lowest BCUT2D eigenvalue weighted by Gasteiger charge is -2.08. The molecule has 1 aromatic rings. The van der Waals surface area contributed by atoms with Gasteiger partial charge in [-0.1, -0.05) is 23.2 Å². The molecule has 0 aliphatic carbocycles. The number of hydrogen-bond donors (Lipinski definition) is 2. The molecule has 0 aliphatic rings. The zero-order chi connectivity index (χ0) is 9.14. The number of nitrogens with zero attached hydrogens (tertiary/aromatic N) is 1. The molecule has 1 aromatic heterocycles. The molecule has 0 spiro atoms. The van der Waals surface area contributed by atoms with Crippen LogP contribution in [0.2, 0.25) is 10.2 Å². The number of hydrogen-bond acceptors (Lipinski definition) is 3. The van der Waals surface area contributed by atoms with Crippen LogP contribution in [0, 0.1) is 0 Å². The Hall–Kier alpha value is -0.350. The number of pyridine rings is 1. The van der Waals surface area contributed by atoms with Crippen LogP contribution in [-0.2, 0) is 0 Å². The first-order valence-electron chi connectivity index (χ1n) is 3.25. The summed E-state index contributed by atoms with van der Waals surface area (Å²) in [6, 6.07) is 1.41. The molecule has 12 heavy (non-hydrogen) atoms. The molecule has 0 radical (unpaired) electrons. The fourth-order valence-corrected chi connectivity index (χ4v) is 1.25. The topological polar surface area (TPSA) is 53.4 Å². The predicted molar refractivity (Wildman–Crippen MR) is 46.3 cm³/mol. The average Bonchev–Trinajstić information content (AvgIpc) is 2.03. The van der Waals surface area contributed by atoms with Crippen LogP contribution in [0.5, 0.6) is 0 Å². The molecular weight excluding hydrogens is 201 g/mol. The Morgan fingerprint density at radius 2 is 2.17 bits per heavy atom. The third kappa shape index (κ3) is 2.08. The number of aliphatic hydroxyl groups excluding tert-OH is 2. The van der Waals surface area contributed by atoms with E-state index in [4.69, 9.17) is 28.3 Å². The van der Waals surface area contributed by atoms with Gasteiger partial charge in [0.2, 0.25) is 0 Å². The van der Waals surface area contributed by atoms with Gasteiger partial charge in [-0.25, -0.2) is 4.98 Å². The van der Waals surface area contributed by atoms with Gasteiger partial charge in [-0.2, -0.15) is 0 Å². The van der Waals surface area contributed by atoms with Crippen LogP contribution in [0.3, 0.4) is 0 Å². The molecule has 1 rings (SSSR count). The quantitative estimate of drug-likeness (QED) is 0.722. The first-order valence-corrected chi connectivity index (χ1v) is 4.00. The summed E-state index contributed by atoms with van der Waals surface area (Å²) in [6.45, 7) is -0.386. The van der Waals surface area contributed by atoms with Crippen molar-refractivity contribution in [3.05, 3.63) is 28.0 Å². The molecule has 3 nitrogen and oxygen atoms in total. The lowest BCUT2D eigenvalue weighted by atomic mass is 10.2. The third-order valence-corrected chi connectivity index (χ3v) is 1.91. The molecule has 1 atom stereocenters. The van der Waals surface area contributed by atoms with Crippen LogP contribution < -0.4 is 0 Å². The summed E-state index contributed by atoms with van der Waals surface area (Å²) >= 11 is 11.2. The summed E-state index contributed by atoms with van der Waals surface area (Å²) in [4.78, 5) is 3.72. The largest absolute Gasteiger partial charge is 0.393 e. The van der Waals surface area contributed by atoms with Gasteiger partial charge in [0, 0.05) is 11.8 Å². The zero-order valence-corrected chi connectivity index (χ0v) is 7.55. The monoisotopic (exact) mass is 207 g/mol. The first-order chi connectivity index (χ1) is 5.65. The third-order valence-electron chi connectivity index (χ3n) is 1.38. The van der Waals surface area contributed by atoms with Crippen LogP contribution in [0.1, 0.15) is 11.7 Å². The van der Waals surface area contributed by atoms with Crippen molar-refractivity contribution in [3.8, 4) is 0 Å². The number of rotatable bonds is 2. The summed E-state index contributed by atoms with van der Waals surface area (Å²) in [6.07, 6.45) is 0.341. The summed E-state index contributed by atoms with van der Waals surface area (Å²) in [5, 5.41) is 18.4. The molecule has 0 aliphatic heterocycles. The van der Waals surface area contributed by atoms with E-state index in [0.29, 0.717) is 10.6 Å². The van der Waals surface area contributed by atoms with Crippen molar-refractivity contribution in [1.29, 1.82) is 0 Å². The molecule has 66 valence electrons. The van der Waals surface area contributed by atoms with Crippen LogP contribution >= 0.6 is 23.2 Å². The van der Waals surface area contributed by atoms with Crippen molar-refractivity contribution in [3.63, 3.8) is 0 Å². The van der Waals surface area contributed by atoms with E-state index < -0.39 is 6.10 Å². The Labute approximate surface area is 79.6 Å². The highest BCUT2D eigenvalue weighted by Crippen LogP contribution is 2.23. The highest BCUT2D eigenvalue weighted by atomic mass is 35.5. The molecular formula is C7H7Cl2NO2. The fourth-order valence-electron chi connectivity index (χ4n) is 0.762. The molecule has 0 saturated carbocycles. The summed E-state index contributed by atoms with van der Waals surface area (Å²) in [7, 11) is 0. The minimum atomic E-state index is -0.998. The van der Waals surface area contributed by atoms with Gasteiger partial charge in [-0.15, -0.1) is 0 Å². The Balaban J connectivity index is 3.01. The van der Waals surface area contributed by atoms with Gasteiger partial charge < -0.3 is 10.2 Å². The van der Waals surface area contributed by atoms with E-state index in [9.17, 15) is 5.11 Å². The molecule has 0 bridgehead atoms. The van der Waals surface area contributed by atoms with E-state index in [1.165, 1.54) is 12.3 Å². The minimum absolute atomic E-state index is 0.258. The van der Waals surface area contributed by atoms with Gasteiger partial charge in [-0.05, 0) is 6.07 Å². The fraction of sp³-hybridized carbons (Fsp3) is 0.286. The highest BCUT2D eigenvalue weighted by Gasteiger charge is 2.10. The molecule has 0 fully saturated rings. The normalized spacial score (nSPS) is 13.0. The molecule has 0 aromatic carbocycles. The van der Waals surface area contributed by atoms with Crippen molar-refractivity contribution in [2.75, 3.05) is 6.61 Å². The molecule has 0 amide bonds. The second kappa shape index (κ2) is 4.05. The lowest BCUT2D eigenvalue weighted by Crippen LogP contribution is -2.03. The Morgan fingerprint density at radius 3 is 2.67 bits per heavy atom. The van der Waals surface area contributed by atoms with Gasteiger partial charge in [0.05, 0.1) is 11.6 Å². The number of aliphatic hydroxyl groups is 2. The SMILES string of the molecule is OCC(O)c1cnc(Cl)cc1Cl. The summed E-state index contributed by atoms with van der Waals surface area (Å²) < 4.78 is 0. The van der Waals surface area contributed by atoms with E-state index in [2.05, 4.69) is 4.98 Å². The maximum absolute atomic E-state index is 9.18. The van der Waals surface area contributed by atoms with E-state index in [-0.39, 0.29) is 11.8 Å². The van der Waals surface area contributed by atoms with Gasteiger partial charge in [0.25, 0.3) is 0 Å². The molecule has 1 heterocycles. The lowest BCUT2D eigenvalue weighted by molar-refractivity contribution is 0.0954. The second-order valence-electron chi connectivity index (χ2n) is 2.23. The maximum Gasteiger partial charge on any atom is 0.130 e. The van der Waals surface area contributed by atoms with Crippen molar-refractivity contribution in [2.24, 2.45) is 0 Å². The van der Waals surface area contributed by atoms with Crippen LogP contribution in [0.15, 0.2) is 12.3 Å². The Kier molecular flexibility index (Phi) is 3.29. The van der Waals surface area contributed by atoms with Crippen molar-refractivity contribution >= 4 is 23.2 Å². The molecule has 5 heteroatoms. The first kappa shape index (κ1) is 9.74. The van der Waals surface area contributed by atoms with Gasteiger partial charge in [0.15, 0.2) is 0 Å². The smallest absolute Gasteiger partial charge is 0.130 e. The van der Waals surface area contributed by atoms with E-state index in [1.807, 2.05) is 0 Å². The summed E-state index contributed by atoms with van der Waals surface area (Å²) in [5.41, 5.74) is 0.378. The van der Waals surface area contributed by atoms with Crippen molar-refractivity contribution in [1.82, 2.24) is 4.98 Å². The average molecular weight is 208 g/mol. The van der Waals surface area contributed by atoms with Crippen LogP contribution in [0.4, 0.5) is 0 Å². The van der Waals surface area contributed by atoms with E-state index >= 15 is 0 Å². The molecule has 1 unspecified atom stereocenters. The number of aromatic nitrogens is 1. The van der Waals surface area contributed by atoms with Gasteiger partial charge >= 0.3 is 0 Å². The number of halogens is 2. The Morgan fingerprint density at radius 1 is 1.50 bits per heavy atom. The standard InChI is InChI=1S/C7H7Cl2NO2/c8-5-1-7(9)10-2-4(5)6(12)3-11/h1-2,6,11-12H,3H2. The molecule has 0 saturated heterocycles. The van der Waals surface area contributed by atoms with E-state index in [0.717, 1.165) is 0 Å². The summed E-state index contributed by atoms with van der Waals surface area (Å²) in [5.74, 6) is 0.